The third-order valence-electron chi connectivity index (χ3n) is 2.84. The van der Waals surface area contributed by atoms with E-state index in [0.29, 0.717) is 11.8 Å². The lowest BCUT2D eigenvalue weighted by Gasteiger charge is -2.12. The van der Waals surface area contributed by atoms with Gasteiger partial charge in [0.05, 0.1) is 18.0 Å². The van der Waals surface area contributed by atoms with E-state index in [-0.39, 0.29) is 17.7 Å². The summed E-state index contributed by atoms with van der Waals surface area (Å²) in [6, 6.07) is 7.84. The highest BCUT2D eigenvalue weighted by molar-refractivity contribution is 7.99. The van der Waals surface area contributed by atoms with Crippen molar-refractivity contribution in [3.8, 4) is 5.69 Å². The van der Waals surface area contributed by atoms with E-state index in [1.165, 1.54) is 11.8 Å². The van der Waals surface area contributed by atoms with Crippen LogP contribution in [0.4, 0.5) is 0 Å². The number of methoxy groups -OCH3 is 1. The zero-order valence-electron chi connectivity index (χ0n) is 12.8. The number of hydrogen-bond donors (Lipinski definition) is 1. The molecule has 2 aromatic rings. The van der Waals surface area contributed by atoms with E-state index in [0.717, 1.165) is 11.3 Å². The lowest BCUT2D eigenvalue weighted by Crippen LogP contribution is -2.36. The molecule has 1 aromatic heterocycles. The molecule has 1 atom stereocenters. The predicted octanol–water partition coefficient (Wildman–Crippen LogP) is 1.21. The molecule has 0 fully saturated rings. The number of benzene rings is 1. The second kappa shape index (κ2) is 7.90. The van der Waals surface area contributed by atoms with Gasteiger partial charge in [0.15, 0.2) is 0 Å². The summed E-state index contributed by atoms with van der Waals surface area (Å²) in [4.78, 5) is 11.9. The van der Waals surface area contributed by atoms with Crippen molar-refractivity contribution in [1.29, 1.82) is 0 Å². The van der Waals surface area contributed by atoms with Gasteiger partial charge in [-0.05, 0) is 42.0 Å². The molecular formula is C14H19N5O2S. The molecule has 8 heteroatoms. The van der Waals surface area contributed by atoms with Crippen molar-refractivity contribution in [2.24, 2.45) is 0 Å². The minimum atomic E-state index is -0.0756. The van der Waals surface area contributed by atoms with Crippen LogP contribution >= 0.6 is 11.8 Å². The fourth-order valence-electron chi connectivity index (χ4n) is 1.93. The van der Waals surface area contributed by atoms with Gasteiger partial charge in [-0.25, -0.2) is 0 Å². The van der Waals surface area contributed by atoms with E-state index in [1.807, 2.05) is 38.1 Å². The average molecular weight is 321 g/mol. The van der Waals surface area contributed by atoms with Crippen molar-refractivity contribution in [3.05, 3.63) is 29.8 Å². The van der Waals surface area contributed by atoms with Crippen LogP contribution in [0.2, 0.25) is 0 Å². The lowest BCUT2D eigenvalue weighted by molar-refractivity contribution is -0.119. The van der Waals surface area contributed by atoms with E-state index in [2.05, 4.69) is 20.8 Å². The molecule has 0 radical (unpaired) electrons. The minimum absolute atomic E-state index is 0.0223. The molecule has 7 nitrogen and oxygen atoms in total. The predicted molar refractivity (Wildman–Crippen MR) is 84.1 cm³/mol. The molecule has 1 unspecified atom stereocenters. The van der Waals surface area contributed by atoms with Crippen LogP contribution in [0, 0.1) is 6.92 Å². The van der Waals surface area contributed by atoms with Gasteiger partial charge in [-0.1, -0.05) is 23.9 Å². The number of nitrogens with one attached hydrogen (secondary N) is 1. The van der Waals surface area contributed by atoms with Crippen LogP contribution in [-0.4, -0.2) is 51.6 Å². The van der Waals surface area contributed by atoms with E-state index in [1.54, 1.807) is 11.8 Å². The van der Waals surface area contributed by atoms with Crippen LogP contribution in [0.15, 0.2) is 29.4 Å². The number of aromatic nitrogens is 4. The highest BCUT2D eigenvalue weighted by Crippen LogP contribution is 2.18. The first kappa shape index (κ1) is 16.4. The Labute approximate surface area is 133 Å². The quantitative estimate of drug-likeness (QED) is 0.772. The van der Waals surface area contributed by atoms with Crippen LogP contribution < -0.4 is 5.32 Å². The third-order valence-corrected chi connectivity index (χ3v) is 3.76. The fourth-order valence-corrected chi connectivity index (χ4v) is 2.63. The summed E-state index contributed by atoms with van der Waals surface area (Å²) in [5.74, 6) is 0.175. The Morgan fingerprint density at radius 2 is 2.32 bits per heavy atom. The van der Waals surface area contributed by atoms with Gasteiger partial charge in [0.2, 0.25) is 11.1 Å². The Morgan fingerprint density at radius 3 is 3.05 bits per heavy atom. The van der Waals surface area contributed by atoms with Crippen LogP contribution in [0.5, 0.6) is 0 Å². The first-order valence-electron chi connectivity index (χ1n) is 6.86. The van der Waals surface area contributed by atoms with Crippen molar-refractivity contribution in [2.75, 3.05) is 19.5 Å². The van der Waals surface area contributed by atoms with Crippen molar-refractivity contribution in [2.45, 2.75) is 25.0 Å². The molecule has 1 heterocycles. The van der Waals surface area contributed by atoms with E-state index >= 15 is 0 Å². The van der Waals surface area contributed by atoms with Gasteiger partial charge >= 0.3 is 0 Å². The fraction of sp³-hybridized carbons (Fsp3) is 0.429. The molecule has 1 aromatic carbocycles. The second-order valence-corrected chi connectivity index (χ2v) is 5.87. The van der Waals surface area contributed by atoms with Crippen molar-refractivity contribution in [3.63, 3.8) is 0 Å². The molecule has 0 saturated heterocycles. The topological polar surface area (TPSA) is 81.9 Å². The van der Waals surface area contributed by atoms with Crippen molar-refractivity contribution >= 4 is 17.7 Å². The van der Waals surface area contributed by atoms with Crippen LogP contribution in [0.25, 0.3) is 5.69 Å². The zero-order chi connectivity index (χ0) is 15.9. The molecular weight excluding hydrogens is 302 g/mol. The first-order chi connectivity index (χ1) is 10.6. The molecule has 2 rings (SSSR count). The van der Waals surface area contributed by atoms with Gasteiger partial charge in [-0.2, -0.15) is 4.68 Å². The molecule has 0 aliphatic heterocycles. The summed E-state index contributed by atoms with van der Waals surface area (Å²) in [5.41, 5.74) is 2.00. The maximum Gasteiger partial charge on any atom is 0.230 e. The average Bonchev–Trinajstić information content (AvgIpc) is 2.93. The first-order valence-corrected chi connectivity index (χ1v) is 7.85. The number of carbonyl (C=O) groups excluding carboxylic acids is 1. The smallest absolute Gasteiger partial charge is 0.230 e. The van der Waals surface area contributed by atoms with Gasteiger partial charge in [0.25, 0.3) is 0 Å². The minimum Gasteiger partial charge on any atom is -0.383 e. The number of aryl methyl sites for hydroxylation is 1. The van der Waals surface area contributed by atoms with E-state index in [4.69, 9.17) is 4.74 Å². The summed E-state index contributed by atoms with van der Waals surface area (Å²) >= 11 is 1.30. The zero-order valence-corrected chi connectivity index (χ0v) is 13.6. The number of hydrogen-bond acceptors (Lipinski definition) is 6. The third kappa shape index (κ3) is 4.54. The molecule has 1 amide bonds. The maximum absolute atomic E-state index is 11.9. The molecule has 0 aliphatic rings. The number of amides is 1. The van der Waals surface area contributed by atoms with Crippen LogP contribution in [0.3, 0.4) is 0 Å². The van der Waals surface area contributed by atoms with Gasteiger partial charge in [-0.15, -0.1) is 5.10 Å². The van der Waals surface area contributed by atoms with Crippen LogP contribution in [-0.2, 0) is 9.53 Å². The van der Waals surface area contributed by atoms with Gasteiger partial charge in [0, 0.05) is 13.2 Å². The Kier molecular flexibility index (Phi) is 5.91. The number of tetrazole rings is 1. The largest absolute Gasteiger partial charge is 0.383 e. The molecule has 0 spiro atoms. The Hall–Kier alpha value is -1.93. The number of rotatable bonds is 7. The molecule has 118 valence electrons. The monoisotopic (exact) mass is 321 g/mol. The Morgan fingerprint density at radius 1 is 1.50 bits per heavy atom. The van der Waals surface area contributed by atoms with Gasteiger partial charge in [-0.3, -0.25) is 4.79 Å². The molecule has 1 N–H and O–H groups in total. The SMILES string of the molecule is COCC(C)NC(=O)CSc1nnnn1-c1cccc(C)c1. The van der Waals surface area contributed by atoms with Crippen LogP contribution in [0.1, 0.15) is 12.5 Å². The summed E-state index contributed by atoms with van der Waals surface area (Å²) < 4.78 is 6.61. The normalized spacial score (nSPS) is 12.1. The molecule has 22 heavy (non-hydrogen) atoms. The summed E-state index contributed by atoms with van der Waals surface area (Å²) in [6.45, 7) is 4.38. The lowest BCUT2D eigenvalue weighted by atomic mass is 10.2. The van der Waals surface area contributed by atoms with Crippen molar-refractivity contribution < 1.29 is 9.53 Å². The number of thioether (sulfide) groups is 1. The summed E-state index contributed by atoms with van der Waals surface area (Å²) in [7, 11) is 1.60. The van der Waals surface area contributed by atoms with Gasteiger partial charge < -0.3 is 10.1 Å². The standard InChI is InChI=1S/C14H19N5O2S/c1-10-5-4-6-12(7-10)19-14(16-17-18-19)22-9-13(20)15-11(2)8-21-3/h4-7,11H,8-9H2,1-3H3,(H,15,20). The Balaban J connectivity index is 1.97. The van der Waals surface area contributed by atoms with Crippen molar-refractivity contribution in [1.82, 2.24) is 25.5 Å². The Bertz CT molecular complexity index is 631. The number of carbonyl (C=O) groups is 1. The second-order valence-electron chi connectivity index (χ2n) is 4.92. The number of nitrogens with zero attached hydrogens (tertiary/aromatic N) is 4. The molecule has 0 aliphatic carbocycles. The summed E-state index contributed by atoms with van der Waals surface area (Å²) in [5, 5.41) is 15.1. The molecule has 0 bridgehead atoms. The van der Waals surface area contributed by atoms with E-state index < -0.39 is 0 Å². The maximum atomic E-state index is 11.9. The molecule has 0 saturated carbocycles. The van der Waals surface area contributed by atoms with E-state index in [9.17, 15) is 4.79 Å². The highest BCUT2D eigenvalue weighted by Gasteiger charge is 2.13. The summed E-state index contributed by atoms with van der Waals surface area (Å²) in [6.07, 6.45) is 0. The number of ether oxygens (including phenoxy) is 1. The highest BCUT2D eigenvalue weighted by atomic mass is 32.2. The van der Waals surface area contributed by atoms with Gasteiger partial charge in [0.1, 0.15) is 0 Å².